The van der Waals surface area contributed by atoms with Gasteiger partial charge in [-0.3, -0.25) is 19.2 Å². The summed E-state index contributed by atoms with van der Waals surface area (Å²) in [6.07, 6.45) is 4.74. The zero-order valence-electron chi connectivity index (χ0n) is 26.2. The lowest BCUT2D eigenvalue weighted by molar-refractivity contribution is -0.162. The predicted molar refractivity (Wildman–Crippen MR) is 165 cm³/mol. The number of aliphatic hydroxyl groups excluding tert-OH is 1. The van der Waals surface area contributed by atoms with E-state index >= 15 is 0 Å². The van der Waals surface area contributed by atoms with Crippen molar-refractivity contribution in [3.05, 3.63) is 61.2 Å². The van der Waals surface area contributed by atoms with Crippen molar-refractivity contribution in [2.24, 2.45) is 11.8 Å². The standard InChI is InChI=1S/C34H47N3O7/c1-6-8-16-26(39)35-23(5)29(24-14-10-9-11-15-24)43-33(42)27-25-17-18-34(44-25)28(27)31(40)37(20-12-13-21-38)30(34)32(41)36(19-7-2)22(3)4/h6-7,9-11,14-15,22-23,25,27-30,38H,1-2,8,12-13,16-21H2,3-5H3,(H,35,39)/t23-,25-,27+,28+,29-,30-,34+/m1/s1. The first-order valence-corrected chi connectivity index (χ1v) is 15.8. The zero-order chi connectivity index (χ0) is 32.0. The van der Waals surface area contributed by atoms with Crippen LogP contribution in [0.2, 0.25) is 0 Å². The van der Waals surface area contributed by atoms with Crippen LogP contribution in [0.4, 0.5) is 0 Å². The lowest BCUT2D eigenvalue weighted by atomic mass is 9.70. The van der Waals surface area contributed by atoms with Gasteiger partial charge in [0.05, 0.1) is 24.0 Å². The minimum atomic E-state index is -1.15. The lowest BCUT2D eigenvalue weighted by Crippen LogP contribution is -2.57. The first-order chi connectivity index (χ1) is 21.1. The Morgan fingerprint density at radius 1 is 1.18 bits per heavy atom. The van der Waals surface area contributed by atoms with E-state index in [0.717, 1.165) is 0 Å². The SMILES string of the molecule is C=CCCC(=O)N[C@H](C)[C@@H](OC(=O)[C@@H]1[C@H]2C(=O)N(CCCCO)[C@H](C(=O)N(CC=C)C(C)C)[C@]23CC[C@H]1O3)c1ccccc1. The Morgan fingerprint density at radius 3 is 2.55 bits per heavy atom. The maximum absolute atomic E-state index is 14.2. The van der Waals surface area contributed by atoms with E-state index < -0.39 is 47.7 Å². The molecule has 0 unspecified atom stereocenters. The number of likely N-dealkylation sites (tertiary alicyclic amines) is 1. The zero-order valence-corrected chi connectivity index (χ0v) is 26.2. The highest BCUT2D eigenvalue weighted by molar-refractivity contribution is 5.98. The molecule has 4 rings (SSSR count). The number of nitrogens with one attached hydrogen (secondary N) is 1. The summed E-state index contributed by atoms with van der Waals surface area (Å²) in [6, 6.07) is 7.62. The van der Waals surface area contributed by atoms with Gasteiger partial charge in [-0.15, -0.1) is 13.2 Å². The molecule has 10 heteroatoms. The smallest absolute Gasteiger partial charge is 0.313 e. The number of esters is 1. The molecule has 1 aromatic rings. The fourth-order valence-electron chi connectivity index (χ4n) is 7.13. The molecule has 240 valence electrons. The van der Waals surface area contributed by atoms with Gasteiger partial charge in [0.1, 0.15) is 17.7 Å². The number of hydrogen-bond donors (Lipinski definition) is 2. The second-order valence-corrected chi connectivity index (χ2v) is 12.3. The molecule has 3 aliphatic rings. The van der Waals surface area contributed by atoms with Gasteiger partial charge in [0.25, 0.3) is 0 Å². The van der Waals surface area contributed by atoms with Crippen LogP contribution in [0.15, 0.2) is 55.6 Å². The Bertz CT molecular complexity index is 1220. The summed E-state index contributed by atoms with van der Waals surface area (Å²) in [7, 11) is 0. The van der Waals surface area contributed by atoms with Crippen LogP contribution < -0.4 is 5.32 Å². The number of nitrogens with zero attached hydrogens (tertiary/aromatic N) is 2. The third-order valence-electron chi connectivity index (χ3n) is 9.14. The number of amides is 3. The summed E-state index contributed by atoms with van der Waals surface area (Å²) < 4.78 is 12.7. The van der Waals surface area contributed by atoms with E-state index in [4.69, 9.17) is 9.47 Å². The van der Waals surface area contributed by atoms with E-state index in [1.54, 1.807) is 28.9 Å². The second kappa shape index (κ2) is 14.5. The summed E-state index contributed by atoms with van der Waals surface area (Å²) in [5.41, 5.74) is -0.437. The van der Waals surface area contributed by atoms with Crippen molar-refractivity contribution in [3.63, 3.8) is 0 Å². The molecule has 2 bridgehead atoms. The Labute approximate surface area is 260 Å². The topological polar surface area (TPSA) is 125 Å². The van der Waals surface area contributed by atoms with Crippen molar-refractivity contribution in [1.82, 2.24) is 15.1 Å². The third-order valence-corrected chi connectivity index (χ3v) is 9.14. The van der Waals surface area contributed by atoms with E-state index in [1.165, 1.54) is 0 Å². The Kier molecular flexibility index (Phi) is 11.0. The highest BCUT2D eigenvalue weighted by atomic mass is 16.6. The number of allylic oxidation sites excluding steroid dienone is 1. The van der Waals surface area contributed by atoms with Gasteiger partial charge in [-0.2, -0.15) is 0 Å². The van der Waals surface area contributed by atoms with E-state index in [1.807, 2.05) is 44.2 Å². The van der Waals surface area contributed by atoms with Crippen molar-refractivity contribution >= 4 is 23.7 Å². The van der Waals surface area contributed by atoms with Crippen molar-refractivity contribution in [1.29, 1.82) is 0 Å². The maximum Gasteiger partial charge on any atom is 0.313 e. The van der Waals surface area contributed by atoms with E-state index in [9.17, 15) is 24.3 Å². The summed E-state index contributed by atoms with van der Waals surface area (Å²) in [5, 5.41) is 12.3. The highest BCUT2D eigenvalue weighted by Gasteiger charge is 2.75. The van der Waals surface area contributed by atoms with Crippen LogP contribution in [0, 0.1) is 11.8 Å². The molecule has 0 radical (unpaired) electrons. The number of aliphatic hydroxyl groups is 1. The molecule has 1 aromatic carbocycles. The minimum absolute atomic E-state index is 0.0273. The number of carbonyl (C=O) groups excluding carboxylic acids is 4. The second-order valence-electron chi connectivity index (χ2n) is 12.3. The fourth-order valence-corrected chi connectivity index (χ4v) is 7.13. The minimum Gasteiger partial charge on any atom is -0.455 e. The fraction of sp³-hybridized carbons (Fsp3) is 0.588. The molecule has 1 spiro atoms. The molecule has 3 aliphatic heterocycles. The van der Waals surface area contributed by atoms with Gasteiger partial charge >= 0.3 is 5.97 Å². The van der Waals surface area contributed by atoms with E-state index in [2.05, 4.69) is 18.5 Å². The number of fused-ring (bicyclic) bond motifs is 1. The molecule has 0 aromatic heterocycles. The number of ether oxygens (including phenoxy) is 2. The molecule has 3 fully saturated rings. The van der Waals surface area contributed by atoms with Crippen LogP contribution in [-0.2, 0) is 28.7 Å². The van der Waals surface area contributed by atoms with Crippen LogP contribution in [0.1, 0.15) is 71.0 Å². The quantitative estimate of drug-likeness (QED) is 0.167. The molecule has 0 saturated carbocycles. The first kappa shape index (κ1) is 33.4. The average Bonchev–Trinajstić information content (AvgIpc) is 3.65. The number of hydrogen-bond acceptors (Lipinski definition) is 7. The molecule has 3 saturated heterocycles. The molecule has 0 aliphatic carbocycles. The average molecular weight is 610 g/mol. The van der Waals surface area contributed by atoms with Gasteiger partial charge in [0, 0.05) is 32.2 Å². The summed E-state index contributed by atoms with van der Waals surface area (Å²) in [5.74, 6) is -3.05. The lowest BCUT2D eigenvalue weighted by Gasteiger charge is -2.38. The van der Waals surface area contributed by atoms with Crippen LogP contribution in [0.5, 0.6) is 0 Å². The molecule has 3 amide bonds. The van der Waals surface area contributed by atoms with Crippen molar-refractivity contribution < 1.29 is 33.8 Å². The number of unbranched alkanes of at least 4 members (excludes halogenated alkanes) is 1. The third kappa shape index (κ3) is 6.47. The highest BCUT2D eigenvalue weighted by Crippen LogP contribution is 2.59. The summed E-state index contributed by atoms with van der Waals surface area (Å²) in [4.78, 5) is 58.3. The van der Waals surface area contributed by atoms with Crippen molar-refractivity contribution in [2.75, 3.05) is 19.7 Å². The Hall–Kier alpha value is -3.50. The van der Waals surface area contributed by atoms with E-state index in [0.29, 0.717) is 44.2 Å². The van der Waals surface area contributed by atoms with Crippen LogP contribution >= 0.6 is 0 Å². The maximum atomic E-state index is 14.2. The van der Waals surface area contributed by atoms with E-state index in [-0.39, 0.29) is 43.3 Å². The number of benzene rings is 1. The van der Waals surface area contributed by atoms with Crippen LogP contribution in [0.25, 0.3) is 0 Å². The molecule has 7 atom stereocenters. The Morgan fingerprint density at radius 2 is 1.91 bits per heavy atom. The number of rotatable bonds is 16. The molecular weight excluding hydrogens is 562 g/mol. The Balaban J connectivity index is 1.65. The number of carbonyl (C=O) groups is 4. The van der Waals surface area contributed by atoms with Gasteiger partial charge in [0.2, 0.25) is 17.7 Å². The van der Waals surface area contributed by atoms with Gasteiger partial charge in [-0.25, -0.2) is 0 Å². The molecule has 3 heterocycles. The first-order valence-electron chi connectivity index (χ1n) is 15.8. The van der Waals surface area contributed by atoms with Crippen LogP contribution in [0.3, 0.4) is 0 Å². The molecular formula is C34H47N3O7. The van der Waals surface area contributed by atoms with Crippen molar-refractivity contribution in [2.45, 2.75) is 95.2 Å². The van der Waals surface area contributed by atoms with Gasteiger partial charge in [0.15, 0.2) is 0 Å². The summed E-state index contributed by atoms with van der Waals surface area (Å²) in [6.45, 7) is 13.6. The van der Waals surface area contributed by atoms with Gasteiger partial charge in [-0.1, -0.05) is 42.5 Å². The van der Waals surface area contributed by atoms with Crippen molar-refractivity contribution in [3.8, 4) is 0 Å². The monoisotopic (exact) mass is 609 g/mol. The molecule has 10 nitrogen and oxygen atoms in total. The predicted octanol–water partition coefficient (Wildman–Crippen LogP) is 3.31. The molecule has 2 N–H and O–H groups in total. The van der Waals surface area contributed by atoms with Crippen LogP contribution in [-0.4, -0.2) is 88.1 Å². The normalized spacial score (nSPS) is 26.7. The molecule has 44 heavy (non-hydrogen) atoms. The summed E-state index contributed by atoms with van der Waals surface area (Å²) >= 11 is 0. The largest absolute Gasteiger partial charge is 0.455 e. The van der Waals surface area contributed by atoms with Gasteiger partial charge < -0.3 is 29.7 Å². The van der Waals surface area contributed by atoms with Gasteiger partial charge in [-0.05, 0) is 58.4 Å².